The summed E-state index contributed by atoms with van der Waals surface area (Å²) < 4.78 is 12.3. The molecule has 2 aromatic heterocycles. The van der Waals surface area contributed by atoms with Crippen LogP contribution in [0.15, 0.2) is 24.3 Å². The number of carboxylic acids is 1. The number of ether oxygens (including phenoxy) is 2. The summed E-state index contributed by atoms with van der Waals surface area (Å²) in [4.78, 5) is 25.5. The number of hydrogen-bond acceptors (Lipinski definition) is 7. The SMILES string of the molecule is Cc1nc(C)c(COc2ccc(-c3c(C)nc(C)c([C@H](OC(C)(C)C)C(=O)O)c3N3CCC(C)(C)CC3)cc2)s1. The second kappa shape index (κ2) is 11.5. The molecule has 1 aliphatic rings. The lowest BCUT2D eigenvalue weighted by Gasteiger charge is -2.41. The molecule has 8 heteroatoms. The van der Waals surface area contributed by atoms with Gasteiger partial charge in [-0.15, -0.1) is 11.3 Å². The van der Waals surface area contributed by atoms with E-state index in [1.54, 1.807) is 11.3 Å². The van der Waals surface area contributed by atoms with Crippen LogP contribution in [-0.4, -0.2) is 39.7 Å². The third-order valence-electron chi connectivity index (χ3n) is 7.48. The maximum absolute atomic E-state index is 12.7. The summed E-state index contributed by atoms with van der Waals surface area (Å²) in [6.07, 6.45) is 0.909. The fourth-order valence-corrected chi connectivity index (χ4v) is 6.18. The van der Waals surface area contributed by atoms with Gasteiger partial charge in [0.05, 0.1) is 26.9 Å². The van der Waals surface area contributed by atoms with Crippen LogP contribution < -0.4 is 9.64 Å². The van der Waals surface area contributed by atoms with Crippen LogP contribution >= 0.6 is 11.3 Å². The van der Waals surface area contributed by atoms with Crippen molar-refractivity contribution in [2.45, 2.75) is 93.5 Å². The molecule has 0 spiro atoms. The average molecular weight is 566 g/mol. The first kappa shape index (κ1) is 30.0. The molecule has 0 bridgehead atoms. The van der Waals surface area contributed by atoms with Crippen LogP contribution in [0.3, 0.4) is 0 Å². The number of carboxylic acid groups (broad SMARTS) is 1. The predicted octanol–water partition coefficient (Wildman–Crippen LogP) is 7.58. The molecular weight excluding hydrogens is 522 g/mol. The fourth-order valence-electron chi connectivity index (χ4n) is 5.33. The number of pyridine rings is 1. The number of thiazole rings is 1. The van der Waals surface area contributed by atoms with E-state index in [2.05, 4.69) is 23.7 Å². The van der Waals surface area contributed by atoms with Crippen LogP contribution in [-0.2, 0) is 16.1 Å². The van der Waals surface area contributed by atoms with Crippen molar-refractivity contribution in [3.63, 3.8) is 0 Å². The third-order valence-corrected chi connectivity index (χ3v) is 8.53. The quantitative estimate of drug-likeness (QED) is 0.301. The summed E-state index contributed by atoms with van der Waals surface area (Å²) in [6.45, 7) is 20.3. The second-order valence-corrected chi connectivity index (χ2v) is 13.9. The molecule has 0 amide bonds. The molecule has 216 valence electrons. The van der Waals surface area contributed by atoms with Gasteiger partial charge >= 0.3 is 5.97 Å². The highest BCUT2D eigenvalue weighted by molar-refractivity contribution is 7.11. The molecule has 0 saturated carbocycles. The van der Waals surface area contributed by atoms with Gasteiger partial charge in [0.15, 0.2) is 6.10 Å². The van der Waals surface area contributed by atoms with E-state index in [1.165, 1.54) is 0 Å². The van der Waals surface area contributed by atoms with Gasteiger partial charge in [0.1, 0.15) is 12.4 Å². The normalized spacial score (nSPS) is 16.2. The Morgan fingerprint density at radius 2 is 1.65 bits per heavy atom. The Balaban J connectivity index is 1.79. The van der Waals surface area contributed by atoms with Crippen molar-refractivity contribution in [1.29, 1.82) is 0 Å². The maximum atomic E-state index is 12.7. The molecule has 1 aromatic carbocycles. The Kier molecular flexibility index (Phi) is 8.62. The van der Waals surface area contributed by atoms with Crippen LogP contribution in [0.4, 0.5) is 5.69 Å². The number of carbonyl (C=O) groups is 1. The minimum Gasteiger partial charge on any atom is -0.488 e. The molecule has 1 N–H and O–H groups in total. The molecule has 3 aromatic rings. The van der Waals surface area contributed by atoms with E-state index < -0.39 is 17.7 Å². The lowest BCUT2D eigenvalue weighted by Crippen LogP contribution is -2.39. The molecule has 0 unspecified atom stereocenters. The van der Waals surface area contributed by atoms with E-state index in [1.807, 2.05) is 72.7 Å². The third kappa shape index (κ3) is 6.84. The summed E-state index contributed by atoms with van der Waals surface area (Å²) in [5, 5.41) is 11.4. The van der Waals surface area contributed by atoms with Gasteiger partial charge in [0, 0.05) is 35.6 Å². The topological polar surface area (TPSA) is 84.8 Å². The summed E-state index contributed by atoms with van der Waals surface area (Å²) in [5.41, 5.74) is 5.64. The van der Waals surface area contributed by atoms with Crippen molar-refractivity contribution in [1.82, 2.24) is 9.97 Å². The largest absolute Gasteiger partial charge is 0.488 e. The summed E-state index contributed by atoms with van der Waals surface area (Å²) in [5.74, 6) is -0.238. The van der Waals surface area contributed by atoms with Gasteiger partial charge in [-0.2, -0.15) is 0 Å². The molecule has 7 nitrogen and oxygen atoms in total. The van der Waals surface area contributed by atoms with Crippen molar-refractivity contribution in [2.75, 3.05) is 18.0 Å². The average Bonchev–Trinajstić information content (AvgIpc) is 3.17. The smallest absolute Gasteiger partial charge is 0.337 e. The molecule has 0 radical (unpaired) electrons. The van der Waals surface area contributed by atoms with Crippen LogP contribution in [0.5, 0.6) is 5.75 Å². The van der Waals surface area contributed by atoms with Gasteiger partial charge in [-0.25, -0.2) is 9.78 Å². The lowest BCUT2D eigenvalue weighted by atomic mass is 9.82. The highest BCUT2D eigenvalue weighted by atomic mass is 32.1. The molecule has 40 heavy (non-hydrogen) atoms. The van der Waals surface area contributed by atoms with Crippen molar-refractivity contribution in [3.05, 3.63) is 56.8 Å². The van der Waals surface area contributed by atoms with Crippen molar-refractivity contribution in [2.24, 2.45) is 5.41 Å². The number of benzene rings is 1. The van der Waals surface area contributed by atoms with Crippen LogP contribution in [0.1, 0.15) is 86.1 Å². The minimum atomic E-state index is -1.13. The Hall–Kier alpha value is -2.97. The summed E-state index contributed by atoms with van der Waals surface area (Å²) in [6, 6.07) is 8.03. The molecule has 1 aliphatic heterocycles. The Bertz CT molecular complexity index is 1360. The zero-order valence-electron chi connectivity index (χ0n) is 25.3. The molecule has 0 aliphatic carbocycles. The highest BCUT2D eigenvalue weighted by Crippen LogP contribution is 2.45. The molecule has 4 rings (SSSR count). The van der Waals surface area contributed by atoms with Gasteiger partial charge < -0.3 is 19.5 Å². The standard InChI is InChI=1S/C32H43N3O4S/c1-19-25(40-22(4)34-19)18-38-24-12-10-23(11-13-24)26-20(2)33-21(3)27(29(30(36)37)39-31(5,6)7)28(26)35-16-14-32(8,9)15-17-35/h10-13,29H,14-18H2,1-9H3,(H,36,37)/t29-/m0/s1. The monoisotopic (exact) mass is 565 g/mol. The second-order valence-electron chi connectivity index (χ2n) is 12.6. The van der Waals surface area contributed by atoms with Crippen molar-refractivity contribution in [3.8, 4) is 16.9 Å². The van der Waals surface area contributed by atoms with Crippen molar-refractivity contribution >= 4 is 23.0 Å². The van der Waals surface area contributed by atoms with Crippen LogP contribution in [0.25, 0.3) is 11.1 Å². The van der Waals surface area contributed by atoms with Crippen LogP contribution in [0.2, 0.25) is 0 Å². The number of aromatic nitrogens is 2. The molecule has 1 fully saturated rings. The first-order chi connectivity index (χ1) is 18.6. The van der Waals surface area contributed by atoms with Gasteiger partial charge in [0.25, 0.3) is 0 Å². The van der Waals surface area contributed by atoms with E-state index in [0.29, 0.717) is 17.9 Å². The zero-order chi connectivity index (χ0) is 29.4. The Morgan fingerprint density at radius 3 is 2.17 bits per heavy atom. The first-order valence-corrected chi connectivity index (χ1v) is 14.8. The van der Waals surface area contributed by atoms with E-state index in [-0.39, 0.29) is 5.41 Å². The van der Waals surface area contributed by atoms with Gasteiger partial charge in [0.2, 0.25) is 0 Å². The van der Waals surface area contributed by atoms with Gasteiger partial charge in [-0.3, -0.25) is 4.98 Å². The number of aliphatic carboxylic acids is 1. The molecule has 3 heterocycles. The number of hydrogen-bond donors (Lipinski definition) is 1. The maximum Gasteiger partial charge on any atom is 0.337 e. The van der Waals surface area contributed by atoms with Gasteiger partial charge in [-0.1, -0.05) is 26.0 Å². The number of anilines is 1. The van der Waals surface area contributed by atoms with Crippen LogP contribution in [0, 0.1) is 33.1 Å². The first-order valence-electron chi connectivity index (χ1n) is 14.0. The van der Waals surface area contributed by atoms with E-state index >= 15 is 0 Å². The lowest BCUT2D eigenvalue weighted by molar-refractivity contribution is -0.160. The Labute approximate surface area is 242 Å². The van der Waals surface area contributed by atoms with Crippen molar-refractivity contribution < 1.29 is 19.4 Å². The molecule has 1 atom stereocenters. The van der Waals surface area contributed by atoms with Gasteiger partial charge in [-0.05, 0) is 84.4 Å². The Morgan fingerprint density at radius 1 is 1.02 bits per heavy atom. The van der Waals surface area contributed by atoms with E-state index in [4.69, 9.17) is 14.5 Å². The molecule has 1 saturated heterocycles. The highest BCUT2D eigenvalue weighted by Gasteiger charge is 2.36. The number of aryl methyl sites for hydroxylation is 4. The summed E-state index contributed by atoms with van der Waals surface area (Å²) in [7, 11) is 0. The summed E-state index contributed by atoms with van der Waals surface area (Å²) >= 11 is 1.66. The van der Waals surface area contributed by atoms with E-state index in [0.717, 1.165) is 69.8 Å². The zero-order valence-corrected chi connectivity index (χ0v) is 26.2. The number of rotatable bonds is 8. The number of piperidine rings is 1. The molecular formula is C32H43N3O4S. The number of nitrogens with zero attached hydrogens (tertiary/aromatic N) is 3. The van der Waals surface area contributed by atoms with E-state index in [9.17, 15) is 9.90 Å². The minimum absolute atomic E-state index is 0.246. The fraction of sp³-hybridized carbons (Fsp3) is 0.531. The predicted molar refractivity (Wildman–Crippen MR) is 162 cm³/mol.